The number of nitrogens with zero attached hydrogens (tertiary/aromatic N) is 1. The Labute approximate surface area is 193 Å². The molecule has 1 aromatic rings. The number of aliphatic hydroxyl groups is 2. The summed E-state index contributed by atoms with van der Waals surface area (Å²) in [5, 5.41) is 36.7. The van der Waals surface area contributed by atoms with Crippen LogP contribution in [0.1, 0.15) is 32.8 Å². The normalized spacial score (nSPS) is 17.6. The molecule has 0 amide bonds. The molecule has 1 aliphatic heterocycles. The van der Waals surface area contributed by atoms with Crippen molar-refractivity contribution in [3.05, 3.63) is 28.8 Å². The number of aliphatic hydroxyl groups excluding tert-OH is 2. The molecule has 0 aliphatic carbocycles. The summed E-state index contributed by atoms with van der Waals surface area (Å²) in [6.45, 7) is 12.8. The molecule has 1 aliphatic rings. The smallest absolute Gasteiger partial charge is 0.335 e. The first kappa shape index (κ1) is 28.1. The average Bonchev–Trinajstić information content (AvgIpc) is 3.22. The molecule has 10 heteroatoms. The van der Waals surface area contributed by atoms with Crippen LogP contribution >= 0.6 is 11.6 Å². The first-order valence-corrected chi connectivity index (χ1v) is 11.1. The van der Waals surface area contributed by atoms with Gasteiger partial charge in [-0.1, -0.05) is 31.5 Å². The van der Waals surface area contributed by atoms with Crippen LogP contribution < -0.4 is 10.1 Å². The van der Waals surface area contributed by atoms with Crippen molar-refractivity contribution in [1.29, 1.82) is 0 Å². The van der Waals surface area contributed by atoms with Crippen LogP contribution in [0.5, 0.6) is 5.75 Å². The lowest BCUT2D eigenvalue weighted by Crippen LogP contribution is -2.39. The fourth-order valence-electron chi connectivity index (χ4n) is 3.42. The van der Waals surface area contributed by atoms with E-state index in [4.69, 9.17) is 36.8 Å². The van der Waals surface area contributed by atoms with E-state index < -0.39 is 24.1 Å². The Kier molecular flexibility index (Phi) is 12.6. The molecular formula is C22H35ClN2O7. The van der Waals surface area contributed by atoms with E-state index in [1.165, 1.54) is 12.0 Å². The Hall–Kier alpha value is -1.91. The van der Waals surface area contributed by atoms with Crippen LogP contribution in [-0.2, 0) is 16.1 Å². The van der Waals surface area contributed by atoms with Gasteiger partial charge in [-0.15, -0.1) is 0 Å². The summed E-state index contributed by atoms with van der Waals surface area (Å²) < 4.78 is 5.77. The summed E-state index contributed by atoms with van der Waals surface area (Å²) in [7, 11) is 0. The van der Waals surface area contributed by atoms with Gasteiger partial charge in [0.1, 0.15) is 5.75 Å². The SMILES string of the molecule is CCOc1cc(Cl)ccc1CN(CC(C)C)C[C@H]1CCNC1.O=C(O)C(O)C(O)C(=O)O. The second kappa shape index (κ2) is 14.3. The van der Waals surface area contributed by atoms with Gasteiger partial charge in [-0.3, -0.25) is 4.90 Å². The average molecular weight is 475 g/mol. The van der Waals surface area contributed by atoms with Gasteiger partial charge in [0.2, 0.25) is 0 Å². The van der Waals surface area contributed by atoms with Gasteiger partial charge in [0.15, 0.2) is 12.2 Å². The van der Waals surface area contributed by atoms with E-state index in [9.17, 15) is 9.59 Å². The second-order valence-corrected chi connectivity index (χ2v) is 8.63. The Morgan fingerprint density at radius 1 is 1.22 bits per heavy atom. The molecule has 0 bridgehead atoms. The van der Waals surface area contributed by atoms with Crippen molar-refractivity contribution in [3.8, 4) is 5.75 Å². The van der Waals surface area contributed by atoms with Crippen LogP contribution in [0.4, 0.5) is 0 Å². The van der Waals surface area contributed by atoms with Crippen molar-refractivity contribution in [2.75, 3.05) is 32.8 Å². The largest absolute Gasteiger partial charge is 0.493 e. The minimum absolute atomic E-state index is 0.664. The van der Waals surface area contributed by atoms with E-state index in [0.29, 0.717) is 12.5 Å². The van der Waals surface area contributed by atoms with Gasteiger partial charge in [0, 0.05) is 30.2 Å². The first-order valence-electron chi connectivity index (χ1n) is 10.7. The fraction of sp³-hybridized carbons (Fsp3) is 0.636. The maximum Gasteiger partial charge on any atom is 0.335 e. The number of nitrogens with one attached hydrogen (secondary N) is 1. The lowest BCUT2D eigenvalue weighted by Gasteiger charge is -2.27. The maximum absolute atomic E-state index is 9.77. The molecule has 1 fully saturated rings. The lowest BCUT2D eigenvalue weighted by atomic mass is 10.1. The van der Waals surface area contributed by atoms with Crippen LogP contribution in [0.15, 0.2) is 18.2 Å². The number of aliphatic carboxylic acids is 2. The van der Waals surface area contributed by atoms with Crippen LogP contribution in [-0.4, -0.2) is 82.3 Å². The van der Waals surface area contributed by atoms with Crippen molar-refractivity contribution in [2.45, 2.75) is 45.9 Å². The molecule has 1 heterocycles. The molecule has 1 aromatic carbocycles. The number of carboxylic acid groups (broad SMARTS) is 2. The highest BCUT2D eigenvalue weighted by Gasteiger charge is 2.29. The summed E-state index contributed by atoms with van der Waals surface area (Å²) in [6.07, 6.45) is -3.25. The molecule has 0 spiro atoms. The summed E-state index contributed by atoms with van der Waals surface area (Å²) in [6, 6.07) is 6.00. The molecule has 32 heavy (non-hydrogen) atoms. The van der Waals surface area contributed by atoms with Gasteiger partial charge in [-0.05, 0) is 50.4 Å². The van der Waals surface area contributed by atoms with E-state index in [1.807, 2.05) is 19.1 Å². The van der Waals surface area contributed by atoms with E-state index >= 15 is 0 Å². The molecule has 0 saturated carbocycles. The predicted octanol–water partition coefficient (Wildman–Crippen LogP) is 1.68. The number of hydrogen-bond acceptors (Lipinski definition) is 7. The van der Waals surface area contributed by atoms with Crippen LogP contribution in [0.3, 0.4) is 0 Å². The van der Waals surface area contributed by atoms with Crippen molar-refractivity contribution < 1.29 is 34.8 Å². The molecular weight excluding hydrogens is 440 g/mol. The summed E-state index contributed by atoms with van der Waals surface area (Å²) in [5.41, 5.74) is 1.23. The predicted molar refractivity (Wildman–Crippen MR) is 121 cm³/mol. The Morgan fingerprint density at radius 2 is 1.84 bits per heavy atom. The zero-order valence-electron chi connectivity index (χ0n) is 18.8. The Morgan fingerprint density at radius 3 is 2.31 bits per heavy atom. The van der Waals surface area contributed by atoms with Crippen molar-refractivity contribution in [1.82, 2.24) is 10.2 Å². The number of ether oxygens (including phenoxy) is 1. The summed E-state index contributed by atoms with van der Waals surface area (Å²) in [4.78, 5) is 22.1. The number of benzene rings is 1. The molecule has 0 aromatic heterocycles. The quantitative estimate of drug-likeness (QED) is 0.324. The van der Waals surface area contributed by atoms with Crippen molar-refractivity contribution >= 4 is 23.5 Å². The van der Waals surface area contributed by atoms with Gasteiger partial charge in [-0.25, -0.2) is 9.59 Å². The van der Waals surface area contributed by atoms with Gasteiger partial charge >= 0.3 is 11.9 Å². The third-order valence-corrected chi connectivity index (χ3v) is 5.07. The third kappa shape index (κ3) is 10.1. The molecule has 3 atom stereocenters. The molecule has 2 rings (SSSR count). The minimum Gasteiger partial charge on any atom is -0.493 e. The zero-order valence-corrected chi connectivity index (χ0v) is 19.6. The topological polar surface area (TPSA) is 140 Å². The Balaban J connectivity index is 0.000000433. The van der Waals surface area contributed by atoms with E-state index in [1.54, 1.807) is 0 Å². The van der Waals surface area contributed by atoms with Gasteiger partial charge in [0.25, 0.3) is 0 Å². The highest BCUT2D eigenvalue weighted by atomic mass is 35.5. The standard InChI is InChI=1S/C18H29ClN2O.C4H6O6/c1-4-22-18-9-17(19)6-5-16(18)13-21(11-14(2)3)12-15-7-8-20-10-15;5-1(3(7)8)2(6)4(9)10/h5-6,9,14-15,20H,4,7-8,10-13H2,1-3H3;1-2,5-6H,(H,7,8)(H,9,10)/t15-;/m0./s1. The lowest BCUT2D eigenvalue weighted by molar-refractivity contribution is -0.165. The Bertz CT molecular complexity index is 708. The number of carboxylic acids is 2. The zero-order chi connectivity index (χ0) is 24.3. The third-order valence-electron chi connectivity index (χ3n) is 4.83. The second-order valence-electron chi connectivity index (χ2n) is 8.20. The fourth-order valence-corrected chi connectivity index (χ4v) is 3.58. The van der Waals surface area contributed by atoms with E-state index in [0.717, 1.165) is 49.4 Å². The maximum atomic E-state index is 9.77. The van der Waals surface area contributed by atoms with Crippen LogP contribution in [0.25, 0.3) is 0 Å². The number of carbonyl (C=O) groups is 2. The van der Waals surface area contributed by atoms with Crippen molar-refractivity contribution in [3.63, 3.8) is 0 Å². The highest BCUT2D eigenvalue weighted by Crippen LogP contribution is 2.26. The summed E-state index contributed by atoms with van der Waals surface area (Å²) in [5.74, 6) is -1.18. The van der Waals surface area contributed by atoms with E-state index in [-0.39, 0.29) is 0 Å². The van der Waals surface area contributed by atoms with Gasteiger partial charge in [-0.2, -0.15) is 0 Å². The first-order chi connectivity index (χ1) is 15.0. The highest BCUT2D eigenvalue weighted by molar-refractivity contribution is 6.30. The molecule has 1 saturated heterocycles. The van der Waals surface area contributed by atoms with Crippen molar-refractivity contribution in [2.24, 2.45) is 11.8 Å². The number of halogens is 1. The van der Waals surface area contributed by atoms with Gasteiger partial charge in [0.05, 0.1) is 6.61 Å². The molecule has 9 nitrogen and oxygen atoms in total. The van der Waals surface area contributed by atoms with Crippen LogP contribution in [0.2, 0.25) is 5.02 Å². The van der Waals surface area contributed by atoms with Crippen LogP contribution in [0, 0.1) is 11.8 Å². The molecule has 2 unspecified atom stereocenters. The summed E-state index contributed by atoms with van der Waals surface area (Å²) >= 11 is 6.11. The monoisotopic (exact) mass is 474 g/mol. The van der Waals surface area contributed by atoms with E-state index in [2.05, 4.69) is 30.1 Å². The molecule has 182 valence electrons. The van der Waals surface area contributed by atoms with Gasteiger partial charge < -0.3 is 30.5 Å². The minimum atomic E-state index is -2.27. The molecule has 5 N–H and O–H groups in total. The molecule has 0 radical (unpaired) electrons. The number of hydrogen-bond donors (Lipinski definition) is 5. The number of rotatable bonds is 11.